The summed E-state index contributed by atoms with van der Waals surface area (Å²) in [6.45, 7) is 36.1. The predicted molar refractivity (Wildman–Crippen MR) is 491 cm³/mol. The van der Waals surface area contributed by atoms with E-state index in [0.717, 1.165) is 191 Å². The zero-order chi connectivity index (χ0) is 90.3. The molecule has 10 aromatic rings. The summed E-state index contributed by atoms with van der Waals surface area (Å²) in [7, 11) is 0. The maximum absolute atomic E-state index is 13.7. The minimum absolute atomic E-state index is 0.0173. The fourth-order valence-electron chi connectivity index (χ4n) is 23.2. The Kier molecular flexibility index (Phi) is 21.3. The number of hydrogen-bond donors (Lipinski definition) is 10. The summed E-state index contributed by atoms with van der Waals surface area (Å²) in [5.74, 6) is 2.37. The molecule has 10 heterocycles. The minimum Gasteiger partial charge on any atom is -0.343 e. The second-order valence-corrected chi connectivity index (χ2v) is 41.6. The number of hydrogen-bond acceptors (Lipinski definition) is 16. The Hall–Kier alpha value is -12.5. The van der Waals surface area contributed by atoms with Gasteiger partial charge in [0.2, 0.25) is 5.92 Å². The van der Waals surface area contributed by atoms with E-state index in [-0.39, 0.29) is 74.8 Å². The quantitative estimate of drug-likeness (QED) is 0.0676. The molecule has 127 heavy (non-hydrogen) atoms. The fourth-order valence-corrected chi connectivity index (χ4v) is 23.2. The minimum atomic E-state index is -2.63. The zero-order valence-electron chi connectivity index (χ0n) is 76.0. The molecule has 0 radical (unpaired) electrons. The summed E-state index contributed by atoms with van der Waals surface area (Å²) < 4.78 is 27.4. The molecule has 21 nitrogen and oxygen atoms in total. The lowest BCUT2D eigenvalue weighted by molar-refractivity contribution is -0.119. The smallest absolute Gasteiger partial charge is 0.249 e. The van der Waals surface area contributed by atoms with Gasteiger partial charge < -0.3 is 26.6 Å². The third kappa shape index (κ3) is 14.8. The van der Waals surface area contributed by atoms with E-state index in [9.17, 15) is 38.0 Å². The molecule has 0 amide bonds. The highest BCUT2D eigenvalue weighted by Gasteiger charge is 2.57. The van der Waals surface area contributed by atoms with Crippen molar-refractivity contribution >= 4 is 58.0 Å². The second-order valence-electron chi connectivity index (χ2n) is 41.6. The van der Waals surface area contributed by atoms with Crippen molar-refractivity contribution in [1.82, 2.24) is 51.0 Å². The summed E-state index contributed by atoms with van der Waals surface area (Å²) in [6.07, 6.45) is 15.6. The molecule has 1 unspecified atom stereocenters. The molecule has 11 aliphatic rings. The molecule has 0 spiro atoms. The number of ketones is 5. The van der Waals surface area contributed by atoms with Crippen molar-refractivity contribution in [1.29, 1.82) is 5.26 Å². The zero-order valence-corrected chi connectivity index (χ0v) is 76.0. The Labute approximate surface area is 741 Å². The number of carbonyl (C=O) groups is 5. The number of alkyl halides is 2. The van der Waals surface area contributed by atoms with Gasteiger partial charge in [0.15, 0.2) is 34.7 Å². The normalized spacial score (nSPS) is 25.4. The van der Waals surface area contributed by atoms with E-state index in [1.807, 2.05) is 98.3 Å². The van der Waals surface area contributed by atoms with Crippen molar-refractivity contribution in [2.24, 2.45) is 27.1 Å². The number of carbonyl (C=O) groups excluding carboxylic acids is 5. The number of allylic oxidation sites excluding steroid dienone is 10. The predicted octanol–water partition coefficient (Wildman–Crippen LogP) is 21.7. The first-order valence-electron chi connectivity index (χ1n) is 44.7. The Balaban J connectivity index is 0.000000112. The summed E-state index contributed by atoms with van der Waals surface area (Å²) in [5, 5.41) is 63.2. The number of nitriles is 1. The van der Waals surface area contributed by atoms with Gasteiger partial charge in [-0.3, -0.25) is 49.5 Å². The van der Waals surface area contributed by atoms with Gasteiger partial charge in [-0.2, -0.15) is 30.8 Å². The fraction of sp³-hybridized carbons (Fsp3) is 0.413. The number of aromatic nitrogens is 10. The summed E-state index contributed by atoms with van der Waals surface area (Å²) in [6, 6.07) is 47.1. The van der Waals surface area contributed by atoms with Crippen molar-refractivity contribution in [3.63, 3.8) is 0 Å². The van der Waals surface area contributed by atoms with E-state index in [2.05, 4.69) is 249 Å². The van der Waals surface area contributed by atoms with Crippen molar-refractivity contribution < 1.29 is 32.8 Å². The van der Waals surface area contributed by atoms with Crippen LogP contribution in [0.4, 0.5) is 37.9 Å². The van der Waals surface area contributed by atoms with E-state index in [1.54, 1.807) is 12.3 Å². The molecule has 6 aliphatic carbocycles. The van der Waals surface area contributed by atoms with Gasteiger partial charge in [-0.25, -0.2) is 8.78 Å². The molecule has 1 saturated carbocycles. The summed E-state index contributed by atoms with van der Waals surface area (Å²) in [4.78, 5) is 66.1. The lowest BCUT2D eigenvalue weighted by atomic mass is 9.60. The number of anilines is 5. The molecule has 656 valence electrons. The number of aryl methyl sites for hydroxylation is 2. The highest BCUT2D eigenvalue weighted by Crippen LogP contribution is 2.61. The maximum Gasteiger partial charge on any atom is 0.249 e. The summed E-state index contributed by atoms with van der Waals surface area (Å²) in [5.41, 5.74) is 20.4. The molecule has 0 saturated heterocycles. The van der Waals surface area contributed by atoms with Crippen LogP contribution in [-0.2, 0) is 51.0 Å². The van der Waals surface area contributed by atoms with Crippen LogP contribution < -0.4 is 26.6 Å². The number of rotatable bonds is 8. The van der Waals surface area contributed by atoms with E-state index >= 15 is 0 Å². The van der Waals surface area contributed by atoms with Crippen LogP contribution in [0.2, 0.25) is 0 Å². The Morgan fingerprint density at radius 3 is 1.05 bits per heavy atom. The van der Waals surface area contributed by atoms with Crippen LogP contribution in [0.25, 0.3) is 0 Å². The van der Waals surface area contributed by atoms with E-state index in [0.29, 0.717) is 43.5 Å². The van der Waals surface area contributed by atoms with Gasteiger partial charge in [0.1, 0.15) is 23.3 Å². The third-order valence-electron chi connectivity index (χ3n) is 28.8. The van der Waals surface area contributed by atoms with Crippen molar-refractivity contribution in [2.45, 2.75) is 247 Å². The van der Waals surface area contributed by atoms with Crippen molar-refractivity contribution in [3.05, 3.63) is 293 Å². The van der Waals surface area contributed by atoms with Crippen LogP contribution in [0.5, 0.6) is 0 Å². The van der Waals surface area contributed by atoms with Crippen molar-refractivity contribution in [2.75, 3.05) is 26.6 Å². The van der Waals surface area contributed by atoms with Crippen molar-refractivity contribution in [3.8, 4) is 6.07 Å². The molecule has 23 heteroatoms. The molecule has 5 aliphatic heterocycles. The number of nitrogens with one attached hydrogen (secondary N) is 10. The van der Waals surface area contributed by atoms with Crippen LogP contribution in [-0.4, -0.2) is 85.8 Å². The van der Waals surface area contributed by atoms with Gasteiger partial charge in [0.05, 0.1) is 63.5 Å². The highest BCUT2D eigenvalue weighted by atomic mass is 19.3. The molecule has 10 N–H and O–H groups in total. The van der Waals surface area contributed by atoms with E-state index in [1.165, 1.54) is 5.56 Å². The molecular formula is C104H116F2N16O5. The van der Waals surface area contributed by atoms with Gasteiger partial charge in [0, 0.05) is 141 Å². The van der Waals surface area contributed by atoms with Crippen LogP contribution in [0.3, 0.4) is 0 Å². The number of halogens is 2. The average Bonchev–Trinajstić information content (AvgIpc) is 1.39. The first-order valence-corrected chi connectivity index (χ1v) is 44.7. The monoisotopic (exact) mass is 1710 g/mol. The largest absolute Gasteiger partial charge is 0.343 e. The number of aromatic amines is 5. The SMILES string of the molecule is CC1(C)CC(=O)C2=C(C1)Nc1[nH]ncc1[C@@]2(C)c1cccc(C#N)c1.CC[C@@]1(c2ccccc2)C2=C(CC(C)(C)CC2=O)Nc2[nH]ncc21.CC[C@]1(c2ccccc2)C2=C(CC(C)(C)CC2=O)Nc2[nH]ncc21.Cc1cccc(C2(C)C3=C(CC(C)(C)CC3=O)Nc3n[nH]c(C4CC(F)(F)C4)c32)c1.Cc1cccc([C@@]2(C)C3=C(CC(C)(C)CC3=O)Nc3[nH]ncc32)c1. The maximum atomic E-state index is 13.7. The first-order chi connectivity index (χ1) is 60.1. The third-order valence-corrected chi connectivity index (χ3v) is 28.8. The molecule has 21 rings (SSSR count). The van der Waals surface area contributed by atoms with Crippen LogP contribution in [0, 0.1) is 52.3 Å². The van der Waals surface area contributed by atoms with Crippen LogP contribution >= 0.6 is 0 Å². The number of fused-ring (bicyclic) bond motifs is 5. The van der Waals surface area contributed by atoms with E-state index in [4.69, 9.17) is 0 Å². The second kappa shape index (κ2) is 31.2. The van der Waals surface area contributed by atoms with Gasteiger partial charge in [-0.1, -0.05) is 216 Å². The molecule has 5 aromatic carbocycles. The highest BCUT2D eigenvalue weighted by molar-refractivity contribution is 6.06. The summed E-state index contributed by atoms with van der Waals surface area (Å²) >= 11 is 0. The number of nitrogens with zero attached hydrogens (tertiary/aromatic N) is 6. The standard InChI is InChI=1S/C24H27F2N3O.C20H20N4O.3C20H23N3O/c1-13-6-5-7-15(8-13)23(4)18-16(11-22(2,3)12-17(18)30)27-21-19(23)20(28-29-21)14-9-24(25,26)10-14;1-19(2)8-15-17(16(25)9-19)20(3,14-11-22-24-18(14)23-15)13-6-4-5-12(7-13)10-21;1-12-6-5-7-13(8-12)20(4)14-11-21-23-18(14)22-15-9-19(2,3)10-16(24)17(15)20;2*1-4-20(13-8-6-5-7-9-13)14-12-21-23-18(14)22-15-10-19(2,3)11-16(24)17(15)20/h5-8,14H,9-12H2,1-4H3,(H2,27,28,29);4-7,11H,8-9H2,1-3H3,(H2,22,23,24);5-8,11H,9-10H2,1-4H3,(H2,21,22,23);2*5-9,12H,4,10-11H2,1-3H3,(H2,21,22,23)/t;4*20-/m.1110/s1. The number of H-pyrrole nitrogens is 5. The Bertz CT molecular complexity index is 6210. The molecule has 5 aromatic heterocycles. The van der Waals surface area contributed by atoms with Gasteiger partial charge in [-0.15, -0.1) is 0 Å². The van der Waals surface area contributed by atoms with Gasteiger partial charge >= 0.3 is 0 Å². The van der Waals surface area contributed by atoms with Gasteiger partial charge in [0.25, 0.3) is 0 Å². The lowest BCUT2D eigenvalue weighted by Crippen LogP contribution is -2.43. The van der Waals surface area contributed by atoms with Crippen LogP contribution in [0.15, 0.2) is 215 Å². The average molecular weight is 1710 g/mol. The Morgan fingerprint density at radius 2 is 0.685 bits per heavy atom. The lowest BCUT2D eigenvalue weighted by Gasteiger charge is -2.45. The first kappa shape index (κ1) is 86.7. The van der Waals surface area contributed by atoms with Gasteiger partial charge in [-0.05, 0) is 147 Å². The molecule has 0 bridgehead atoms. The molecular weight excluding hydrogens is 1590 g/mol. The van der Waals surface area contributed by atoms with Crippen LogP contribution in [0.1, 0.15) is 278 Å². The topological polar surface area (TPSA) is 313 Å². The molecule has 1 fully saturated rings. The number of benzene rings is 5. The van der Waals surface area contributed by atoms with E-state index < -0.39 is 33.0 Å². The molecule has 5 atom stereocenters. The number of Topliss-reactive ketones (excluding diaryl/α,β-unsaturated/α-hetero) is 5. The Morgan fingerprint density at radius 1 is 0.370 bits per heavy atom.